The van der Waals surface area contributed by atoms with Gasteiger partial charge in [0.05, 0.1) is 25.4 Å². The molecule has 0 radical (unpaired) electrons. The number of ether oxygens (including phenoxy) is 2. The Morgan fingerprint density at radius 3 is 2.86 bits per heavy atom. The Morgan fingerprint density at radius 1 is 1.43 bits per heavy atom. The van der Waals surface area contributed by atoms with Gasteiger partial charge in [0, 0.05) is 13.2 Å². The zero-order valence-electron chi connectivity index (χ0n) is 8.02. The van der Waals surface area contributed by atoms with E-state index in [0.717, 1.165) is 19.4 Å². The molecule has 0 aromatic carbocycles. The molecular weight excluding hydrogens is 186 g/mol. The second-order valence-electron chi connectivity index (χ2n) is 3.76. The fourth-order valence-corrected chi connectivity index (χ4v) is 1.91. The molecule has 2 saturated heterocycles. The lowest BCUT2D eigenvalue weighted by atomic mass is 10.3. The third kappa shape index (κ3) is 2.16. The maximum absolute atomic E-state index is 10.6. The molecule has 2 fully saturated rings. The summed E-state index contributed by atoms with van der Waals surface area (Å²) in [6.45, 7) is 2.52. The van der Waals surface area contributed by atoms with Crippen molar-refractivity contribution in [2.75, 3.05) is 26.3 Å². The molecule has 0 aromatic rings. The van der Waals surface area contributed by atoms with E-state index >= 15 is 0 Å². The SMILES string of the molecule is O=C(O)N1CCC(OC2CCOC2)C1. The van der Waals surface area contributed by atoms with Crippen molar-refractivity contribution in [2.24, 2.45) is 0 Å². The number of carboxylic acid groups (broad SMARTS) is 1. The molecule has 0 aliphatic carbocycles. The van der Waals surface area contributed by atoms with E-state index in [1.54, 1.807) is 0 Å². The summed E-state index contributed by atoms with van der Waals surface area (Å²) < 4.78 is 10.9. The molecular formula is C9H15NO4. The fraction of sp³-hybridized carbons (Fsp3) is 0.889. The van der Waals surface area contributed by atoms with Gasteiger partial charge in [0.1, 0.15) is 0 Å². The molecule has 1 amide bonds. The average molecular weight is 201 g/mol. The maximum Gasteiger partial charge on any atom is 0.407 e. The van der Waals surface area contributed by atoms with Crippen LogP contribution in [-0.2, 0) is 9.47 Å². The van der Waals surface area contributed by atoms with Crippen LogP contribution in [0.3, 0.4) is 0 Å². The van der Waals surface area contributed by atoms with Gasteiger partial charge in [-0.2, -0.15) is 0 Å². The van der Waals surface area contributed by atoms with E-state index in [-0.39, 0.29) is 12.2 Å². The smallest absolute Gasteiger partial charge is 0.407 e. The third-order valence-electron chi connectivity index (χ3n) is 2.69. The Labute approximate surface area is 82.6 Å². The summed E-state index contributed by atoms with van der Waals surface area (Å²) >= 11 is 0. The van der Waals surface area contributed by atoms with Crippen molar-refractivity contribution >= 4 is 6.09 Å². The van der Waals surface area contributed by atoms with Gasteiger partial charge in [-0.1, -0.05) is 0 Å². The first-order chi connectivity index (χ1) is 6.75. The minimum atomic E-state index is -0.848. The van der Waals surface area contributed by atoms with Gasteiger partial charge < -0.3 is 19.5 Å². The Balaban J connectivity index is 1.75. The van der Waals surface area contributed by atoms with Crippen LogP contribution in [0.15, 0.2) is 0 Å². The van der Waals surface area contributed by atoms with E-state index in [9.17, 15) is 4.79 Å². The minimum Gasteiger partial charge on any atom is -0.465 e. The Hall–Kier alpha value is -0.810. The van der Waals surface area contributed by atoms with Crippen molar-refractivity contribution in [2.45, 2.75) is 25.0 Å². The highest BCUT2D eigenvalue weighted by Crippen LogP contribution is 2.18. The lowest BCUT2D eigenvalue weighted by Crippen LogP contribution is -2.30. The first-order valence-electron chi connectivity index (χ1n) is 4.97. The standard InChI is InChI=1S/C9H15NO4/c11-9(12)10-3-1-7(5-10)14-8-2-4-13-6-8/h7-8H,1-6H2,(H,11,12). The van der Waals surface area contributed by atoms with Crippen molar-refractivity contribution in [3.8, 4) is 0 Å². The molecule has 0 spiro atoms. The van der Waals surface area contributed by atoms with Gasteiger partial charge in [0.2, 0.25) is 0 Å². The summed E-state index contributed by atoms with van der Waals surface area (Å²) in [5.74, 6) is 0. The quantitative estimate of drug-likeness (QED) is 0.708. The van der Waals surface area contributed by atoms with Crippen molar-refractivity contribution in [1.82, 2.24) is 4.90 Å². The van der Waals surface area contributed by atoms with Crippen LogP contribution in [0.2, 0.25) is 0 Å². The number of hydrogen-bond acceptors (Lipinski definition) is 3. The van der Waals surface area contributed by atoms with E-state index in [4.69, 9.17) is 14.6 Å². The monoisotopic (exact) mass is 201 g/mol. The van der Waals surface area contributed by atoms with Gasteiger partial charge in [-0.25, -0.2) is 4.79 Å². The zero-order valence-corrected chi connectivity index (χ0v) is 8.02. The van der Waals surface area contributed by atoms with Crippen molar-refractivity contribution in [3.05, 3.63) is 0 Å². The largest absolute Gasteiger partial charge is 0.465 e. The van der Waals surface area contributed by atoms with Crippen LogP contribution in [0.4, 0.5) is 4.79 Å². The van der Waals surface area contributed by atoms with E-state index in [0.29, 0.717) is 19.7 Å². The first-order valence-corrected chi connectivity index (χ1v) is 4.97. The topological polar surface area (TPSA) is 59.0 Å². The Kier molecular flexibility index (Phi) is 2.88. The molecule has 2 aliphatic rings. The molecule has 2 heterocycles. The van der Waals surface area contributed by atoms with Gasteiger partial charge in [0.25, 0.3) is 0 Å². The van der Waals surface area contributed by atoms with Crippen LogP contribution < -0.4 is 0 Å². The molecule has 2 atom stereocenters. The number of likely N-dealkylation sites (tertiary alicyclic amines) is 1. The van der Waals surface area contributed by atoms with E-state index in [1.807, 2.05) is 0 Å². The molecule has 80 valence electrons. The van der Waals surface area contributed by atoms with E-state index in [1.165, 1.54) is 4.90 Å². The summed E-state index contributed by atoms with van der Waals surface area (Å²) in [5, 5.41) is 8.74. The number of hydrogen-bond donors (Lipinski definition) is 1. The predicted octanol–water partition coefficient (Wildman–Crippen LogP) is 0.544. The van der Waals surface area contributed by atoms with Gasteiger partial charge in [-0.15, -0.1) is 0 Å². The zero-order chi connectivity index (χ0) is 9.97. The number of rotatable bonds is 2. The minimum absolute atomic E-state index is 0.0674. The molecule has 14 heavy (non-hydrogen) atoms. The van der Waals surface area contributed by atoms with Gasteiger partial charge in [-0.05, 0) is 12.8 Å². The summed E-state index contributed by atoms with van der Waals surface area (Å²) in [6.07, 6.45) is 1.14. The van der Waals surface area contributed by atoms with E-state index < -0.39 is 6.09 Å². The van der Waals surface area contributed by atoms with Crippen LogP contribution in [0.1, 0.15) is 12.8 Å². The Morgan fingerprint density at radius 2 is 2.29 bits per heavy atom. The highest BCUT2D eigenvalue weighted by atomic mass is 16.6. The van der Waals surface area contributed by atoms with E-state index in [2.05, 4.69) is 0 Å². The highest BCUT2D eigenvalue weighted by molar-refractivity contribution is 5.65. The number of carbonyl (C=O) groups is 1. The molecule has 1 N–H and O–H groups in total. The van der Waals surface area contributed by atoms with Crippen LogP contribution in [0.5, 0.6) is 0 Å². The number of nitrogens with zero attached hydrogens (tertiary/aromatic N) is 1. The van der Waals surface area contributed by atoms with Gasteiger partial charge in [0.15, 0.2) is 0 Å². The predicted molar refractivity (Wildman–Crippen MR) is 48.3 cm³/mol. The van der Waals surface area contributed by atoms with Crippen LogP contribution >= 0.6 is 0 Å². The van der Waals surface area contributed by atoms with Gasteiger partial charge >= 0.3 is 6.09 Å². The second-order valence-corrected chi connectivity index (χ2v) is 3.76. The van der Waals surface area contributed by atoms with Crippen LogP contribution in [-0.4, -0.2) is 54.6 Å². The summed E-state index contributed by atoms with van der Waals surface area (Å²) in [5.41, 5.74) is 0. The molecule has 0 bridgehead atoms. The van der Waals surface area contributed by atoms with Crippen molar-refractivity contribution < 1.29 is 19.4 Å². The third-order valence-corrected chi connectivity index (χ3v) is 2.69. The molecule has 5 nitrogen and oxygen atoms in total. The molecule has 2 rings (SSSR count). The van der Waals surface area contributed by atoms with Crippen molar-refractivity contribution in [3.63, 3.8) is 0 Å². The Bertz CT molecular complexity index is 215. The van der Waals surface area contributed by atoms with Crippen LogP contribution in [0, 0.1) is 0 Å². The van der Waals surface area contributed by atoms with Gasteiger partial charge in [-0.3, -0.25) is 0 Å². The fourth-order valence-electron chi connectivity index (χ4n) is 1.91. The molecule has 0 aromatic heterocycles. The highest BCUT2D eigenvalue weighted by Gasteiger charge is 2.29. The summed E-state index contributed by atoms with van der Waals surface area (Å²) in [7, 11) is 0. The normalized spacial score (nSPS) is 32.4. The molecule has 5 heteroatoms. The lowest BCUT2D eigenvalue weighted by Gasteiger charge is -2.16. The molecule has 0 saturated carbocycles. The first kappa shape index (κ1) is 9.73. The second kappa shape index (κ2) is 4.14. The summed E-state index contributed by atoms with van der Waals surface area (Å²) in [6, 6.07) is 0. The van der Waals surface area contributed by atoms with Crippen molar-refractivity contribution in [1.29, 1.82) is 0 Å². The lowest BCUT2D eigenvalue weighted by molar-refractivity contribution is -0.00949. The molecule has 2 aliphatic heterocycles. The number of amides is 1. The molecule has 2 unspecified atom stereocenters. The van der Waals surface area contributed by atoms with Crippen LogP contribution in [0.25, 0.3) is 0 Å². The summed E-state index contributed by atoms with van der Waals surface area (Å²) in [4.78, 5) is 12.0. The maximum atomic E-state index is 10.6. The average Bonchev–Trinajstić information content (AvgIpc) is 2.75.